The SMILES string of the molecule is Cc1n[nH]c2cc(Nc3nc(N(C)C4CC4)c4occc4n3)ccc12. The number of aromatic nitrogens is 4. The number of hydrogen-bond acceptors (Lipinski definition) is 6. The fourth-order valence-electron chi connectivity index (χ4n) is 3.14. The number of rotatable bonds is 4. The van der Waals surface area contributed by atoms with Crippen LogP contribution in [0.1, 0.15) is 18.5 Å². The molecule has 25 heavy (non-hydrogen) atoms. The molecule has 7 heteroatoms. The molecule has 4 aromatic rings. The maximum Gasteiger partial charge on any atom is 0.229 e. The third-order valence-electron chi connectivity index (χ3n) is 4.72. The van der Waals surface area contributed by atoms with Crippen molar-refractivity contribution < 1.29 is 4.42 Å². The molecule has 1 saturated carbocycles. The molecule has 0 spiro atoms. The molecular weight excluding hydrogens is 316 g/mol. The molecule has 3 heterocycles. The zero-order valence-electron chi connectivity index (χ0n) is 14.1. The number of benzene rings is 1. The minimum atomic E-state index is 0.542. The number of H-pyrrole nitrogens is 1. The zero-order valence-corrected chi connectivity index (χ0v) is 14.1. The quantitative estimate of drug-likeness (QED) is 0.591. The Hall–Kier alpha value is -3.09. The molecule has 1 aromatic carbocycles. The Balaban J connectivity index is 1.54. The van der Waals surface area contributed by atoms with Crippen molar-refractivity contribution >= 4 is 39.5 Å². The molecule has 0 saturated heterocycles. The molecule has 0 bridgehead atoms. The van der Waals surface area contributed by atoms with Gasteiger partial charge in [0.15, 0.2) is 11.4 Å². The summed E-state index contributed by atoms with van der Waals surface area (Å²) in [5.41, 5.74) is 4.44. The van der Waals surface area contributed by atoms with E-state index in [2.05, 4.69) is 32.4 Å². The number of fused-ring (bicyclic) bond motifs is 2. The van der Waals surface area contributed by atoms with E-state index in [9.17, 15) is 0 Å². The molecule has 0 unspecified atom stereocenters. The molecule has 7 nitrogen and oxygen atoms in total. The highest BCUT2D eigenvalue weighted by Gasteiger charge is 2.29. The molecule has 0 amide bonds. The molecule has 0 radical (unpaired) electrons. The second-order valence-corrected chi connectivity index (χ2v) is 6.54. The number of hydrogen-bond donors (Lipinski definition) is 2. The summed E-state index contributed by atoms with van der Waals surface area (Å²) >= 11 is 0. The number of furan rings is 1. The maximum atomic E-state index is 5.61. The lowest BCUT2D eigenvalue weighted by molar-refractivity contribution is 0.611. The largest absolute Gasteiger partial charge is 0.459 e. The van der Waals surface area contributed by atoms with E-state index in [0.717, 1.165) is 39.2 Å². The number of aromatic amines is 1. The predicted octanol–water partition coefficient (Wildman–Crippen LogP) is 3.75. The van der Waals surface area contributed by atoms with E-state index in [1.807, 2.05) is 31.2 Å². The fourth-order valence-corrected chi connectivity index (χ4v) is 3.14. The van der Waals surface area contributed by atoms with Gasteiger partial charge in [-0.3, -0.25) is 5.10 Å². The number of aryl methyl sites for hydroxylation is 1. The van der Waals surface area contributed by atoms with Crippen molar-refractivity contribution in [3.63, 3.8) is 0 Å². The van der Waals surface area contributed by atoms with Crippen LogP contribution >= 0.6 is 0 Å². The van der Waals surface area contributed by atoms with Crippen LogP contribution in [0.15, 0.2) is 34.9 Å². The van der Waals surface area contributed by atoms with Gasteiger partial charge in [0.25, 0.3) is 0 Å². The lowest BCUT2D eigenvalue weighted by Crippen LogP contribution is -2.21. The minimum absolute atomic E-state index is 0.542. The van der Waals surface area contributed by atoms with Crippen LogP contribution in [0.4, 0.5) is 17.5 Å². The van der Waals surface area contributed by atoms with Crippen LogP contribution in [-0.4, -0.2) is 33.3 Å². The summed E-state index contributed by atoms with van der Waals surface area (Å²) < 4.78 is 5.61. The van der Waals surface area contributed by atoms with E-state index in [1.165, 1.54) is 12.8 Å². The van der Waals surface area contributed by atoms with Gasteiger partial charge in [-0.15, -0.1) is 0 Å². The van der Waals surface area contributed by atoms with Gasteiger partial charge in [0.05, 0.1) is 17.5 Å². The highest BCUT2D eigenvalue weighted by molar-refractivity contribution is 5.87. The summed E-state index contributed by atoms with van der Waals surface area (Å²) in [5.74, 6) is 1.39. The van der Waals surface area contributed by atoms with Crippen LogP contribution in [0.5, 0.6) is 0 Å². The van der Waals surface area contributed by atoms with Crippen molar-refractivity contribution in [1.82, 2.24) is 20.2 Å². The molecule has 0 atom stereocenters. The lowest BCUT2D eigenvalue weighted by atomic mass is 10.2. The van der Waals surface area contributed by atoms with Crippen LogP contribution in [0.2, 0.25) is 0 Å². The van der Waals surface area contributed by atoms with E-state index in [1.54, 1.807) is 6.26 Å². The number of anilines is 3. The lowest BCUT2D eigenvalue weighted by Gasteiger charge is -2.18. The minimum Gasteiger partial charge on any atom is -0.459 e. The van der Waals surface area contributed by atoms with Gasteiger partial charge in [-0.25, -0.2) is 4.98 Å². The average molecular weight is 334 g/mol. The van der Waals surface area contributed by atoms with Gasteiger partial charge in [-0.2, -0.15) is 10.1 Å². The number of nitrogens with one attached hydrogen (secondary N) is 2. The van der Waals surface area contributed by atoms with E-state index in [0.29, 0.717) is 12.0 Å². The van der Waals surface area contributed by atoms with Gasteiger partial charge in [-0.05, 0) is 38.0 Å². The summed E-state index contributed by atoms with van der Waals surface area (Å²) in [6.07, 6.45) is 4.05. The molecule has 0 aliphatic heterocycles. The van der Waals surface area contributed by atoms with Gasteiger partial charge >= 0.3 is 0 Å². The summed E-state index contributed by atoms with van der Waals surface area (Å²) in [5, 5.41) is 11.7. The van der Waals surface area contributed by atoms with Crippen LogP contribution in [-0.2, 0) is 0 Å². The van der Waals surface area contributed by atoms with Crippen LogP contribution < -0.4 is 10.2 Å². The normalized spacial score (nSPS) is 14.3. The first-order valence-corrected chi connectivity index (χ1v) is 8.39. The fraction of sp³-hybridized carbons (Fsp3) is 0.278. The Morgan fingerprint density at radius 1 is 1.24 bits per heavy atom. The van der Waals surface area contributed by atoms with Crippen molar-refractivity contribution in [2.45, 2.75) is 25.8 Å². The Bertz CT molecular complexity index is 1080. The zero-order chi connectivity index (χ0) is 17.0. The monoisotopic (exact) mass is 334 g/mol. The van der Waals surface area contributed by atoms with E-state index < -0.39 is 0 Å². The first kappa shape index (κ1) is 14.3. The standard InChI is InChI=1S/C18H18N6O/c1-10-13-6-3-11(9-15(13)23-22-10)19-18-20-14-7-8-25-16(14)17(21-18)24(2)12-4-5-12/h3,6-9,12H,4-5H2,1-2H3,(H,22,23)(H,19,20,21). The molecule has 1 aliphatic rings. The predicted molar refractivity (Wildman–Crippen MR) is 97.3 cm³/mol. The van der Waals surface area contributed by atoms with E-state index in [-0.39, 0.29) is 0 Å². The van der Waals surface area contributed by atoms with Crippen molar-refractivity contribution in [3.05, 3.63) is 36.2 Å². The van der Waals surface area contributed by atoms with Gasteiger partial charge in [0.1, 0.15) is 5.52 Å². The average Bonchev–Trinajstić information content (AvgIpc) is 3.25. The van der Waals surface area contributed by atoms with E-state index >= 15 is 0 Å². The van der Waals surface area contributed by atoms with Gasteiger partial charge in [0.2, 0.25) is 5.95 Å². The Labute approximate surface area is 144 Å². The smallest absolute Gasteiger partial charge is 0.229 e. The number of nitrogens with zero attached hydrogens (tertiary/aromatic N) is 4. The van der Waals surface area contributed by atoms with Crippen molar-refractivity contribution in [1.29, 1.82) is 0 Å². The van der Waals surface area contributed by atoms with Crippen LogP contribution in [0.3, 0.4) is 0 Å². The first-order chi connectivity index (χ1) is 12.2. The molecule has 2 N–H and O–H groups in total. The molecule has 126 valence electrons. The van der Waals surface area contributed by atoms with Crippen molar-refractivity contribution in [2.24, 2.45) is 0 Å². The Morgan fingerprint density at radius 3 is 2.96 bits per heavy atom. The molecule has 1 fully saturated rings. The summed E-state index contributed by atoms with van der Waals surface area (Å²) in [4.78, 5) is 11.4. The second-order valence-electron chi connectivity index (χ2n) is 6.54. The topological polar surface area (TPSA) is 82.9 Å². The Kier molecular flexibility index (Phi) is 2.97. The van der Waals surface area contributed by atoms with E-state index in [4.69, 9.17) is 9.40 Å². The van der Waals surface area contributed by atoms with Gasteiger partial charge in [0, 0.05) is 30.2 Å². The third kappa shape index (κ3) is 2.39. The molecule has 5 rings (SSSR count). The van der Waals surface area contributed by atoms with Crippen LogP contribution in [0.25, 0.3) is 22.0 Å². The second kappa shape index (κ2) is 5.20. The van der Waals surface area contributed by atoms with Crippen LogP contribution in [0, 0.1) is 6.92 Å². The summed E-state index contributed by atoms with van der Waals surface area (Å²) in [6.45, 7) is 1.99. The van der Waals surface area contributed by atoms with Crippen molar-refractivity contribution in [2.75, 3.05) is 17.3 Å². The maximum absolute atomic E-state index is 5.61. The summed E-state index contributed by atoms with van der Waals surface area (Å²) in [7, 11) is 2.06. The Morgan fingerprint density at radius 2 is 2.12 bits per heavy atom. The highest BCUT2D eigenvalue weighted by atomic mass is 16.3. The molecular formula is C18H18N6O. The summed E-state index contributed by atoms with van der Waals surface area (Å²) in [6, 6.07) is 8.49. The van der Waals surface area contributed by atoms with Gasteiger partial charge < -0.3 is 14.6 Å². The molecule has 1 aliphatic carbocycles. The highest BCUT2D eigenvalue weighted by Crippen LogP contribution is 2.34. The van der Waals surface area contributed by atoms with Crippen molar-refractivity contribution in [3.8, 4) is 0 Å². The van der Waals surface area contributed by atoms with Gasteiger partial charge in [-0.1, -0.05) is 0 Å². The molecule has 3 aromatic heterocycles. The third-order valence-corrected chi connectivity index (χ3v) is 4.72. The first-order valence-electron chi connectivity index (χ1n) is 8.39.